The minimum Gasteiger partial charge on any atom is -0.321 e. The van der Waals surface area contributed by atoms with Crippen LogP contribution in [0, 0.1) is 0 Å². The smallest absolute Gasteiger partial charge is 0.255 e. The third-order valence-electron chi connectivity index (χ3n) is 3.97. The first-order valence-electron chi connectivity index (χ1n) is 7.54. The molecule has 116 valence electrons. The summed E-state index contributed by atoms with van der Waals surface area (Å²) in [5.41, 5.74) is 2.78. The predicted octanol–water partition coefficient (Wildman–Crippen LogP) is 2.75. The zero-order chi connectivity index (χ0) is 15.4. The summed E-state index contributed by atoms with van der Waals surface area (Å²) in [7, 11) is 2.16. The van der Waals surface area contributed by atoms with E-state index in [9.17, 15) is 4.79 Å². The van der Waals surface area contributed by atoms with Crippen LogP contribution in [0.2, 0.25) is 0 Å². The van der Waals surface area contributed by atoms with E-state index in [-0.39, 0.29) is 5.91 Å². The maximum absolute atomic E-state index is 12.3. The molecule has 1 amide bonds. The van der Waals surface area contributed by atoms with E-state index in [0.717, 1.165) is 44.0 Å². The highest BCUT2D eigenvalue weighted by atomic mass is 32.1. The Morgan fingerprint density at radius 2 is 2.05 bits per heavy atom. The van der Waals surface area contributed by atoms with Crippen molar-refractivity contribution in [1.29, 1.82) is 0 Å². The molecule has 2 aromatic rings. The molecule has 0 bridgehead atoms. The Bertz CT molecular complexity index is 619. The Morgan fingerprint density at radius 3 is 2.77 bits per heavy atom. The lowest BCUT2D eigenvalue weighted by Crippen LogP contribution is -2.43. The molecule has 0 radical (unpaired) electrons. The molecule has 1 fully saturated rings. The molecule has 1 N–H and O–H groups in total. The van der Waals surface area contributed by atoms with Crippen molar-refractivity contribution in [3.63, 3.8) is 0 Å². The molecule has 4 nitrogen and oxygen atoms in total. The minimum atomic E-state index is -0.0429. The number of piperazine rings is 1. The van der Waals surface area contributed by atoms with E-state index in [1.165, 1.54) is 5.56 Å². The first kappa shape index (κ1) is 15.2. The molecule has 22 heavy (non-hydrogen) atoms. The summed E-state index contributed by atoms with van der Waals surface area (Å²) in [4.78, 5) is 17.1. The second kappa shape index (κ2) is 7.05. The number of rotatable bonds is 4. The van der Waals surface area contributed by atoms with Crippen molar-refractivity contribution < 1.29 is 4.79 Å². The molecular formula is C17H21N3OS. The van der Waals surface area contributed by atoms with Gasteiger partial charge >= 0.3 is 0 Å². The molecule has 1 aromatic carbocycles. The van der Waals surface area contributed by atoms with Crippen LogP contribution in [0.15, 0.2) is 41.1 Å². The summed E-state index contributed by atoms with van der Waals surface area (Å²) in [5, 5.41) is 6.82. The van der Waals surface area contributed by atoms with Crippen LogP contribution in [0.25, 0.3) is 0 Å². The first-order valence-corrected chi connectivity index (χ1v) is 8.48. The lowest BCUT2D eigenvalue weighted by molar-refractivity contribution is 0.102. The standard InChI is InChI=1S/C17H21N3OS/c1-19-6-8-20(9-7-19)12-14-3-2-4-15(11-14)17(21)18-16-5-10-22-13-16/h2-5,10-11,13H,6-9,12H2,1H3,(H,18,21). The predicted molar refractivity (Wildman–Crippen MR) is 91.5 cm³/mol. The van der Waals surface area contributed by atoms with Crippen LogP contribution in [-0.2, 0) is 6.54 Å². The van der Waals surface area contributed by atoms with Gasteiger partial charge in [-0.3, -0.25) is 9.69 Å². The molecule has 0 unspecified atom stereocenters. The van der Waals surface area contributed by atoms with Crippen LogP contribution in [0.4, 0.5) is 5.69 Å². The van der Waals surface area contributed by atoms with Gasteiger partial charge in [-0.1, -0.05) is 12.1 Å². The average molecular weight is 315 g/mol. The summed E-state index contributed by atoms with van der Waals surface area (Å²) < 4.78 is 0. The summed E-state index contributed by atoms with van der Waals surface area (Å²) in [5.74, 6) is -0.0429. The van der Waals surface area contributed by atoms with E-state index in [0.29, 0.717) is 0 Å². The largest absolute Gasteiger partial charge is 0.321 e. The van der Waals surface area contributed by atoms with Gasteiger partial charge in [0, 0.05) is 43.7 Å². The quantitative estimate of drug-likeness (QED) is 0.942. The van der Waals surface area contributed by atoms with E-state index in [1.54, 1.807) is 11.3 Å². The van der Waals surface area contributed by atoms with E-state index < -0.39 is 0 Å². The molecule has 5 heteroatoms. The zero-order valence-electron chi connectivity index (χ0n) is 12.8. The van der Waals surface area contributed by atoms with Crippen molar-refractivity contribution in [2.45, 2.75) is 6.54 Å². The van der Waals surface area contributed by atoms with Gasteiger partial charge in [0.1, 0.15) is 0 Å². The fourth-order valence-electron chi connectivity index (χ4n) is 2.61. The maximum Gasteiger partial charge on any atom is 0.255 e. The highest BCUT2D eigenvalue weighted by molar-refractivity contribution is 7.08. The van der Waals surface area contributed by atoms with Crippen molar-refractivity contribution in [3.05, 3.63) is 52.2 Å². The number of anilines is 1. The monoisotopic (exact) mass is 315 g/mol. The number of carbonyl (C=O) groups is 1. The topological polar surface area (TPSA) is 35.6 Å². The van der Waals surface area contributed by atoms with E-state index >= 15 is 0 Å². The minimum absolute atomic E-state index is 0.0429. The lowest BCUT2D eigenvalue weighted by Gasteiger charge is -2.32. The maximum atomic E-state index is 12.3. The van der Waals surface area contributed by atoms with E-state index in [4.69, 9.17) is 0 Å². The number of amides is 1. The molecular weight excluding hydrogens is 294 g/mol. The molecule has 2 heterocycles. The van der Waals surface area contributed by atoms with Crippen molar-refractivity contribution in [2.24, 2.45) is 0 Å². The molecule has 1 aliphatic rings. The fraction of sp³-hybridized carbons (Fsp3) is 0.353. The summed E-state index contributed by atoms with van der Waals surface area (Å²) >= 11 is 1.58. The number of carbonyl (C=O) groups excluding carboxylic acids is 1. The number of benzene rings is 1. The van der Waals surface area contributed by atoms with Gasteiger partial charge in [-0.15, -0.1) is 0 Å². The van der Waals surface area contributed by atoms with Crippen LogP contribution in [0.1, 0.15) is 15.9 Å². The summed E-state index contributed by atoms with van der Waals surface area (Å²) in [6, 6.07) is 9.85. The number of hydrogen-bond donors (Lipinski definition) is 1. The van der Waals surface area contributed by atoms with Crippen molar-refractivity contribution in [1.82, 2.24) is 9.80 Å². The van der Waals surface area contributed by atoms with Gasteiger partial charge in [-0.05, 0) is 36.2 Å². The van der Waals surface area contributed by atoms with Crippen molar-refractivity contribution in [3.8, 4) is 0 Å². The number of hydrogen-bond acceptors (Lipinski definition) is 4. The van der Waals surface area contributed by atoms with Crippen molar-refractivity contribution in [2.75, 3.05) is 38.5 Å². The molecule has 1 aromatic heterocycles. The van der Waals surface area contributed by atoms with Crippen LogP contribution >= 0.6 is 11.3 Å². The van der Waals surface area contributed by atoms with Gasteiger partial charge in [0.05, 0.1) is 5.69 Å². The van der Waals surface area contributed by atoms with Gasteiger partial charge in [0.2, 0.25) is 0 Å². The second-order valence-corrected chi connectivity index (χ2v) is 6.53. The molecule has 1 aliphatic heterocycles. The van der Waals surface area contributed by atoms with Crippen LogP contribution in [0.5, 0.6) is 0 Å². The van der Waals surface area contributed by atoms with Gasteiger partial charge in [0.25, 0.3) is 5.91 Å². The number of nitrogens with one attached hydrogen (secondary N) is 1. The number of thiophene rings is 1. The molecule has 0 atom stereocenters. The first-order chi connectivity index (χ1) is 10.7. The summed E-state index contributed by atoms with van der Waals surface area (Å²) in [6.45, 7) is 5.30. The highest BCUT2D eigenvalue weighted by Crippen LogP contribution is 2.15. The van der Waals surface area contributed by atoms with Gasteiger partial charge < -0.3 is 10.2 Å². The normalized spacial score (nSPS) is 16.6. The number of likely N-dealkylation sites (N-methyl/N-ethyl adjacent to an activating group) is 1. The SMILES string of the molecule is CN1CCN(Cc2cccc(C(=O)Nc3ccsc3)c2)CC1. The molecule has 0 spiro atoms. The Hall–Kier alpha value is -1.69. The molecule has 0 saturated carbocycles. The van der Waals surface area contributed by atoms with Crippen LogP contribution in [0.3, 0.4) is 0 Å². The van der Waals surface area contributed by atoms with Gasteiger partial charge in [-0.25, -0.2) is 0 Å². The zero-order valence-corrected chi connectivity index (χ0v) is 13.6. The Kier molecular flexibility index (Phi) is 4.87. The average Bonchev–Trinajstić information content (AvgIpc) is 3.03. The Balaban J connectivity index is 1.63. The van der Waals surface area contributed by atoms with Gasteiger partial charge in [-0.2, -0.15) is 11.3 Å². The Morgan fingerprint density at radius 1 is 1.23 bits per heavy atom. The fourth-order valence-corrected chi connectivity index (χ4v) is 3.20. The molecule has 1 saturated heterocycles. The van der Waals surface area contributed by atoms with Crippen LogP contribution < -0.4 is 5.32 Å². The number of nitrogens with zero attached hydrogens (tertiary/aromatic N) is 2. The molecule has 3 rings (SSSR count). The van der Waals surface area contributed by atoms with Crippen LogP contribution in [-0.4, -0.2) is 48.9 Å². The third kappa shape index (κ3) is 3.94. The third-order valence-corrected chi connectivity index (χ3v) is 4.65. The Labute approximate surface area is 135 Å². The lowest BCUT2D eigenvalue weighted by atomic mass is 10.1. The second-order valence-electron chi connectivity index (χ2n) is 5.75. The van der Waals surface area contributed by atoms with Gasteiger partial charge in [0.15, 0.2) is 0 Å². The molecule has 0 aliphatic carbocycles. The van der Waals surface area contributed by atoms with Crippen molar-refractivity contribution >= 4 is 22.9 Å². The van der Waals surface area contributed by atoms with E-state index in [2.05, 4.69) is 28.2 Å². The van der Waals surface area contributed by atoms with E-state index in [1.807, 2.05) is 35.0 Å². The summed E-state index contributed by atoms with van der Waals surface area (Å²) in [6.07, 6.45) is 0. The highest BCUT2D eigenvalue weighted by Gasteiger charge is 2.14.